The molecular weight excluding hydrogens is 336 g/mol. The van der Waals surface area contributed by atoms with Gasteiger partial charge in [0.15, 0.2) is 0 Å². The van der Waals surface area contributed by atoms with Gasteiger partial charge < -0.3 is 25.3 Å². The van der Waals surface area contributed by atoms with Crippen LogP contribution in [0.1, 0.15) is 13.8 Å². The predicted octanol–water partition coefficient (Wildman–Crippen LogP) is 0.0306. The summed E-state index contributed by atoms with van der Waals surface area (Å²) in [6.07, 6.45) is 0. The average Bonchev–Trinajstić information content (AvgIpc) is 2.08. The molecule has 1 fully saturated rings. The highest BCUT2D eigenvalue weighted by atomic mass is 28.5. The van der Waals surface area contributed by atoms with Crippen LogP contribution in [-0.2, 0) is 34.9 Å². The van der Waals surface area contributed by atoms with E-state index in [1.807, 2.05) is 13.1 Å². The molecule has 0 aromatic heterocycles. The average molecular weight is 357 g/mol. The molecule has 8 nitrogen and oxygen atoms in total. The SMILES string of the molecule is CC(=O)O[Si]1(OC(C)=O)O[SiH2]O[Si](C)(C)O[Si](C)(C)O1. The van der Waals surface area contributed by atoms with Crippen molar-refractivity contribution in [3.05, 3.63) is 0 Å². The van der Waals surface area contributed by atoms with Crippen molar-refractivity contribution in [2.45, 2.75) is 40.0 Å². The van der Waals surface area contributed by atoms with Gasteiger partial charge in [-0.1, -0.05) is 0 Å². The number of carbonyl (C=O) groups is 2. The van der Waals surface area contributed by atoms with Gasteiger partial charge in [0.05, 0.1) is 0 Å². The molecule has 0 aliphatic carbocycles. The summed E-state index contributed by atoms with van der Waals surface area (Å²) in [5.74, 6) is -1.29. The number of hydrogen-bond acceptors (Lipinski definition) is 8. The van der Waals surface area contributed by atoms with E-state index < -0.39 is 48.1 Å². The Morgan fingerprint density at radius 2 is 1.35 bits per heavy atom. The molecule has 0 aromatic carbocycles. The molecule has 0 spiro atoms. The molecule has 0 unspecified atom stereocenters. The standard InChI is InChI=1S/C8H20O8Si4/c1-7(9)11-20(12-8(2)10)14-17-13-18(3,4)15-19(5,6)16-20/h17H2,1-6H3. The first-order valence-electron chi connectivity index (χ1n) is 6.03. The molecule has 12 heteroatoms. The molecule has 0 aromatic rings. The Kier molecular flexibility index (Phi) is 5.47. The lowest BCUT2D eigenvalue weighted by Crippen LogP contribution is -2.64. The molecule has 0 N–H and O–H groups in total. The smallest absolute Gasteiger partial charge is 0.443 e. The third-order valence-corrected chi connectivity index (χ3v) is 15.2. The maximum atomic E-state index is 11.3. The minimum atomic E-state index is -3.89. The normalized spacial score (nSPS) is 25.3. The Morgan fingerprint density at radius 1 is 0.850 bits per heavy atom. The van der Waals surface area contributed by atoms with Gasteiger partial charge in [0.1, 0.15) is 0 Å². The highest BCUT2D eigenvalue weighted by Gasteiger charge is 2.59. The van der Waals surface area contributed by atoms with Crippen LogP contribution >= 0.6 is 0 Å². The molecule has 0 amide bonds. The van der Waals surface area contributed by atoms with Crippen LogP contribution in [0.5, 0.6) is 0 Å². The molecule has 1 heterocycles. The minimum absolute atomic E-state index is 0.645. The van der Waals surface area contributed by atoms with E-state index in [2.05, 4.69) is 0 Å². The van der Waals surface area contributed by atoms with Crippen molar-refractivity contribution < 1.29 is 34.9 Å². The van der Waals surface area contributed by atoms with Gasteiger partial charge in [-0.25, -0.2) is 0 Å². The first kappa shape index (κ1) is 17.7. The van der Waals surface area contributed by atoms with Crippen molar-refractivity contribution in [1.29, 1.82) is 0 Å². The van der Waals surface area contributed by atoms with Crippen LogP contribution in [-0.4, -0.2) is 48.1 Å². The third kappa shape index (κ3) is 5.56. The van der Waals surface area contributed by atoms with Crippen LogP contribution in [0.2, 0.25) is 26.2 Å². The van der Waals surface area contributed by atoms with Crippen molar-refractivity contribution in [2.75, 3.05) is 0 Å². The molecule has 0 atom stereocenters. The molecular formula is C8H20O8Si4. The summed E-state index contributed by atoms with van der Waals surface area (Å²) in [5.41, 5.74) is 0. The van der Waals surface area contributed by atoms with Crippen LogP contribution in [0.4, 0.5) is 0 Å². The first-order valence-corrected chi connectivity index (χ1v) is 14.4. The van der Waals surface area contributed by atoms with E-state index in [-0.39, 0.29) is 0 Å². The molecule has 116 valence electrons. The second-order valence-electron chi connectivity index (χ2n) is 5.10. The minimum Gasteiger partial charge on any atom is -0.443 e. The van der Waals surface area contributed by atoms with Crippen LogP contribution in [0.25, 0.3) is 0 Å². The van der Waals surface area contributed by atoms with E-state index in [1.165, 1.54) is 13.8 Å². The quantitative estimate of drug-likeness (QED) is 0.640. The Morgan fingerprint density at radius 3 is 1.80 bits per heavy atom. The van der Waals surface area contributed by atoms with E-state index >= 15 is 0 Å². The van der Waals surface area contributed by atoms with Crippen molar-refractivity contribution in [3.63, 3.8) is 0 Å². The van der Waals surface area contributed by atoms with E-state index in [1.54, 1.807) is 13.1 Å². The fraction of sp³-hybridized carbons (Fsp3) is 0.750. The van der Waals surface area contributed by atoms with E-state index in [9.17, 15) is 9.59 Å². The van der Waals surface area contributed by atoms with Crippen molar-refractivity contribution >= 4 is 48.1 Å². The fourth-order valence-electron chi connectivity index (χ4n) is 1.69. The van der Waals surface area contributed by atoms with Gasteiger partial charge >= 0.3 is 26.2 Å². The van der Waals surface area contributed by atoms with E-state index in [0.717, 1.165) is 0 Å². The van der Waals surface area contributed by atoms with Gasteiger partial charge in [-0.05, 0) is 26.2 Å². The zero-order valence-electron chi connectivity index (χ0n) is 12.5. The zero-order chi connectivity index (χ0) is 15.6. The van der Waals surface area contributed by atoms with Gasteiger partial charge in [0.25, 0.3) is 21.9 Å². The summed E-state index contributed by atoms with van der Waals surface area (Å²) in [4.78, 5) is 22.5. The number of carbonyl (C=O) groups excluding carboxylic acids is 2. The zero-order valence-corrected chi connectivity index (χ0v) is 16.9. The summed E-state index contributed by atoms with van der Waals surface area (Å²) in [6.45, 7) is 9.67. The lowest BCUT2D eigenvalue weighted by Gasteiger charge is -2.39. The molecule has 20 heavy (non-hydrogen) atoms. The fourth-order valence-corrected chi connectivity index (χ4v) is 14.9. The Bertz CT molecular complexity index is 382. The topological polar surface area (TPSA) is 89.5 Å². The second kappa shape index (κ2) is 6.18. The maximum Gasteiger partial charge on any atom is 0.806 e. The first-order chi connectivity index (χ1) is 8.95. The van der Waals surface area contributed by atoms with Gasteiger partial charge in [-0.3, -0.25) is 9.59 Å². The van der Waals surface area contributed by atoms with Gasteiger partial charge in [-0.2, -0.15) is 0 Å². The summed E-state index contributed by atoms with van der Waals surface area (Å²) in [6, 6.07) is 0. The Hall–Kier alpha value is -0.352. The molecule has 0 radical (unpaired) electrons. The Balaban J connectivity index is 3.04. The summed E-state index contributed by atoms with van der Waals surface area (Å²) < 4.78 is 33.0. The van der Waals surface area contributed by atoms with Crippen LogP contribution in [0.3, 0.4) is 0 Å². The monoisotopic (exact) mass is 356 g/mol. The lowest BCUT2D eigenvalue weighted by molar-refractivity contribution is -0.145. The molecule has 0 saturated carbocycles. The summed E-state index contributed by atoms with van der Waals surface area (Å²) >= 11 is 0. The maximum absolute atomic E-state index is 11.3. The van der Waals surface area contributed by atoms with Crippen molar-refractivity contribution in [1.82, 2.24) is 0 Å². The number of hydrogen-bond donors (Lipinski definition) is 0. The third-order valence-electron chi connectivity index (χ3n) is 2.04. The second-order valence-corrected chi connectivity index (χ2v) is 16.3. The highest BCUT2D eigenvalue weighted by molar-refractivity contribution is 6.86. The van der Waals surface area contributed by atoms with Gasteiger partial charge in [0, 0.05) is 13.8 Å². The molecule has 1 aliphatic heterocycles. The number of rotatable bonds is 2. The Labute approximate surface area is 123 Å². The summed E-state index contributed by atoms with van der Waals surface area (Å²) in [7, 11) is -10.5. The molecule has 1 saturated heterocycles. The summed E-state index contributed by atoms with van der Waals surface area (Å²) in [5, 5.41) is 0. The lowest BCUT2D eigenvalue weighted by atomic mass is 10.9. The molecule has 1 rings (SSSR count). The molecule has 1 aliphatic rings. The van der Waals surface area contributed by atoms with Crippen LogP contribution in [0, 0.1) is 0 Å². The van der Waals surface area contributed by atoms with E-state index in [4.69, 9.17) is 25.3 Å². The highest BCUT2D eigenvalue weighted by Crippen LogP contribution is 2.26. The van der Waals surface area contributed by atoms with Gasteiger partial charge in [0.2, 0.25) is 0 Å². The van der Waals surface area contributed by atoms with Gasteiger partial charge in [-0.15, -0.1) is 0 Å². The largest absolute Gasteiger partial charge is 0.806 e. The predicted molar refractivity (Wildman–Crippen MR) is 77.1 cm³/mol. The van der Waals surface area contributed by atoms with Crippen molar-refractivity contribution in [3.8, 4) is 0 Å². The van der Waals surface area contributed by atoms with Crippen LogP contribution < -0.4 is 0 Å². The van der Waals surface area contributed by atoms with E-state index in [0.29, 0.717) is 0 Å². The molecule has 0 bridgehead atoms. The van der Waals surface area contributed by atoms with Crippen LogP contribution in [0.15, 0.2) is 0 Å². The van der Waals surface area contributed by atoms with Crippen molar-refractivity contribution in [2.24, 2.45) is 0 Å².